The second kappa shape index (κ2) is 7.75. The molecule has 1 heterocycles. The molecule has 28 heavy (non-hydrogen) atoms. The zero-order chi connectivity index (χ0) is 20.5. The minimum absolute atomic E-state index is 0.139. The van der Waals surface area contributed by atoms with Crippen molar-refractivity contribution in [3.05, 3.63) is 52.4 Å². The van der Waals surface area contributed by atoms with E-state index in [1.807, 2.05) is 0 Å². The highest BCUT2D eigenvalue weighted by molar-refractivity contribution is 7.91. The van der Waals surface area contributed by atoms with Crippen molar-refractivity contribution in [2.24, 2.45) is 7.05 Å². The van der Waals surface area contributed by atoms with Crippen LogP contribution in [0.3, 0.4) is 0 Å². The molecule has 0 saturated heterocycles. The van der Waals surface area contributed by atoms with Crippen molar-refractivity contribution in [1.29, 1.82) is 0 Å². The van der Waals surface area contributed by atoms with E-state index < -0.39 is 15.8 Å². The number of rotatable bonds is 5. The molecular formula is C20H24F2N2O3S. The lowest BCUT2D eigenvalue weighted by atomic mass is 9.92. The van der Waals surface area contributed by atoms with E-state index in [0.717, 1.165) is 0 Å². The lowest BCUT2D eigenvalue weighted by Gasteiger charge is -2.28. The average Bonchev–Trinajstić information content (AvgIpc) is 2.65. The zero-order valence-corrected chi connectivity index (χ0v) is 16.7. The maximum absolute atomic E-state index is 13.3. The Balaban J connectivity index is 1.85. The minimum Gasteiger partial charge on any atom is -0.318 e. The lowest BCUT2D eigenvalue weighted by molar-refractivity contribution is -0.0399. The molecule has 1 N–H and O–H groups in total. The number of aromatic nitrogens is 1. The Morgan fingerprint density at radius 2 is 1.86 bits per heavy atom. The Labute approximate surface area is 163 Å². The summed E-state index contributed by atoms with van der Waals surface area (Å²) in [6.07, 6.45) is 1.67. The molecule has 1 aliphatic carbocycles. The smallest absolute Gasteiger partial charge is 0.253 e. The third kappa shape index (κ3) is 4.50. The first-order chi connectivity index (χ1) is 13.1. The van der Waals surface area contributed by atoms with Crippen molar-refractivity contribution in [3.8, 4) is 11.1 Å². The van der Waals surface area contributed by atoms with Gasteiger partial charge in [0.05, 0.1) is 4.90 Å². The summed E-state index contributed by atoms with van der Waals surface area (Å²) >= 11 is 0. The Morgan fingerprint density at radius 1 is 1.21 bits per heavy atom. The topological polar surface area (TPSA) is 68.2 Å². The molecule has 0 spiro atoms. The van der Waals surface area contributed by atoms with Crippen molar-refractivity contribution >= 4 is 9.84 Å². The monoisotopic (exact) mass is 410 g/mol. The van der Waals surface area contributed by atoms with E-state index in [2.05, 4.69) is 5.32 Å². The van der Waals surface area contributed by atoms with Crippen LogP contribution in [0.25, 0.3) is 11.1 Å². The summed E-state index contributed by atoms with van der Waals surface area (Å²) in [7, 11) is -2.07. The summed E-state index contributed by atoms with van der Waals surface area (Å²) < 4.78 is 53.9. The van der Waals surface area contributed by atoms with Crippen molar-refractivity contribution in [3.63, 3.8) is 0 Å². The molecule has 1 aromatic heterocycles. The van der Waals surface area contributed by atoms with Gasteiger partial charge in [-0.1, -0.05) is 18.2 Å². The maximum atomic E-state index is 13.3. The largest absolute Gasteiger partial charge is 0.318 e. The fourth-order valence-electron chi connectivity index (χ4n) is 3.55. The highest BCUT2D eigenvalue weighted by Gasteiger charge is 2.35. The summed E-state index contributed by atoms with van der Waals surface area (Å²) in [6.45, 7) is 1.68. The van der Waals surface area contributed by atoms with E-state index in [0.29, 0.717) is 16.7 Å². The number of pyridine rings is 1. The number of benzene rings is 1. The summed E-state index contributed by atoms with van der Waals surface area (Å²) in [4.78, 5) is 12.1. The van der Waals surface area contributed by atoms with Gasteiger partial charge in [0, 0.05) is 43.3 Å². The number of hydrogen-bond donors (Lipinski definition) is 1. The second-order valence-corrected chi connectivity index (χ2v) is 9.38. The predicted octanol–water partition coefficient (Wildman–Crippen LogP) is 3.26. The van der Waals surface area contributed by atoms with Gasteiger partial charge in [0.1, 0.15) is 5.88 Å². The molecule has 0 amide bonds. The molecule has 1 saturated carbocycles. The standard InChI is InChI=1S/C20H24F2N2O3S/c1-14-11-15(12-24(2)19(14)25)17-5-3-4-6-18(17)28(26,27)13-23-16-7-9-20(21,22)10-8-16/h3-6,11-12,16,23H,7-10,13H2,1-2H3. The molecule has 0 radical (unpaired) electrons. The highest BCUT2D eigenvalue weighted by Crippen LogP contribution is 2.33. The quantitative estimate of drug-likeness (QED) is 0.822. The van der Waals surface area contributed by atoms with Gasteiger partial charge in [-0.2, -0.15) is 0 Å². The van der Waals surface area contributed by atoms with Crippen LogP contribution < -0.4 is 10.9 Å². The van der Waals surface area contributed by atoms with Crippen molar-refractivity contribution in [2.45, 2.75) is 49.5 Å². The van der Waals surface area contributed by atoms with E-state index in [9.17, 15) is 22.0 Å². The number of halogens is 2. The fourth-order valence-corrected chi connectivity index (χ4v) is 4.97. The van der Waals surface area contributed by atoms with E-state index in [1.165, 1.54) is 10.6 Å². The first-order valence-corrected chi connectivity index (χ1v) is 10.8. The van der Waals surface area contributed by atoms with Gasteiger partial charge in [-0.25, -0.2) is 17.2 Å². The first kappa shape index (κ1) is 20.7. The van der Waals surface area contributed by atoms with Crippen LogP contribution in [0.1, 0.15) is 31.2 Å². The van der Waals surface area contributed by atoms with Crippen molar-refractivity contribution < 1.29 is 17.2 Å². The molecule has 2 aromatic rings. The third-order valence-corrected chi connectivity index (χ3v) is 6.75. The van der Waals surface area contributed by atoms with Crippen LogP contribution in [0.2, 0.25) is 0 Å². The van der Waals surface area contributed by atoms with Gasteiger partial charge in [0.15, 0.2) is 9.84 Å². The number of nitrogens with one attached hydrogen (secondary N) is 1. The summed E-state index contributed by atoms with van der Waals surface area (Å²) in [5.41, 5.74) is 1.53. The SMILES string of the molecule is Cc1cc(-c2ccccc2S(=O)(=O)CNC2CCC(F)(F)CC2)cn(C)c1=O. The van der Waals surface area contributed by atoms with Gasteiger partial charge in [0.25, 0.3) is 5.56 Å². The average molecular weight is 410 g/mol. The Kier molecular flexibility index (Phi) is 5.72. The van der Waals surface area contributed by atoms with Crippen LogP contribution in [0.15, 0.2) is 46.2 Å². The van der Waals surface area contributed by atoms with Crippen LogP contribution >= 0.6 is 0 Å². The predicted molar refractivity (Wildman–Crippen MR) is 104 cm³/mol. The van der Waals surface area contributed by atoms with E-state index >= 15 is 0 Å². The van der Waals surface area contributed by atoms with E-state index in [-0.39, 0.29) is 48.1 Å². The van der Waals surface area contributed by atoms with Gasteiger partial charge in [0.2, 0.25) is 5.92 Å². The molecule has 5 nitrogen and oxygen atoms in total. The summed E-state index contributed by atoms with van der Waals surface area (Å²) in [6, 6.07) is 8.06. The van der Waals surface area contributed by atoms with Crippen LogP contribution in [-0.4, -0.2) is 30.8 Å². The second-order valence-electron chi connectivity index (χ2n) is 7.42. The Hall–Kier alpha value is -2.06. The molecule has 1 aliphatic rings. The first-order valence-electron chi connectivity index (χ1n) is 9.20. The number of aryl methyl sites for hydroxylation is 2. The number of alkyl halides is 2. The molecule has 0 atom stereocenters. The van der Waals surface area contributed by atoms with Crippen LogP contribution in [0.4, 0.5) is 8.78 Å². The maximum Gasteiger partial charge on any atom is 0.253 e. The van der Waals surface area contributed by atoms with Crippen molar-refractivity contribution in [1.82, 2.24) is 9.88 Å². The Bertz CT molecular complexity index is 996. The van der Waals surface area contributed by atoms with Crippen LogP contribution in [0.5, 0.6) is 0 Å². The fraction of sp³-hybridized carbons (Fsp3) is 0.450. The molecule has 0 bridgehead atoms. The Morgan fingerprint density at radius 3 is 2.50 bits per heavy atom. The normalized spacial score (nSPS) is 17.6. The molecule has 0 unspecified atom stereocenters. The highest BCUT2D eigenvalue weighted by atomic mass is 32.2. The molecule has 152 valence electrons. The third-order valence-electron chi connectivity index (χ3n) is 5.17. The summed E-state index contributed by atoms with van der Waals surface area (Å²) in [5.74, 6) is -2.96. The van der Waals surface area contributed by atoms with Gasteiger partial charge in [-0.3, -0.25) is 4.79 Å². The van der Waals surface area contributed by atoms with E-state index in [4.69, 9.17) is 0 Å². The molecule has 3 rings (SSSR count). The van der Waals surface area contributed by atoms with E-state index in [1.54, 1.807) is 44.4 Å². The number of hydrogen-bond acceptors (Lipinski definition) is 4. The zero-order valence-electron chi connectivity index (χ0n) is 15.9. The molecular weight excluding hydrogens is 386 g/mol. The van der Waals surface area contributed by atoms with Crippen molar-refractivity contribution in [2.75, 3.05) is 5.88 Å². The molecule has 1 fully saturated rings. The van der Waals surface area contributed by atoms with Crippen LogP contribution in [-0.2, 0) is 16.9 Å². The molecule has 0 aliphatic heterocycles. The summed E-state index contributed by atoms with van der Waals surface area (Å²) in [5, 5.41) is 2.93. The van der Waals surface area contributed by atoms with Gasteiger partial charge in [-0.15, -0.1) is 0 Å². The lowest BCUT2D eigenvalue weighted by Crippen LogP contribution is -2.39. The molecule has 8 heteroatoms. The minimum atomic E-state index is -3.69. The van der Waals surface area contributed by atoms with Gasteiger partial charge >= 0.3 is 0 Å². The van der Waals surface area contributed by atoms with Gasteiger partial charge in [-0.05, 0) is 37.5 Å². The number of sulfone groups is 1. The number of nitrogens with zero attached hydrogens (tertiary/aromatic N) is 1. The van der Waals surface area contributed by atoms with Crippen LogP contribution in [0, 0.1) is 6.92 Å². The molecule has 1 aromatic carbocycles. The van der Waals surface area contributed by atoms with Gasteiger partial charge < -0.3 is 9.88 Å².